The molecule has 0 spiro atoms. The Kier molecular flexibility index (Phi) is 17.7. The SMILES string of the molecule is CCC1=C(N)c2ncn([C@@H]3O[C@H](COP(=O)(O)OP(=O)(O)NP(=O)(O)OC[C@H]4O[C@@H](n5c[n+](C)c6c(=O)[nH]c(N)nc65)[C@H](O)[C@@H]4CC(=O)N(C)C)[C@@H](OP(=O)([O-])OC[C@H]4O[C@@H](n5cnc6c(=O)[nH]c(N)nc65)[C@H](O)[C@@H]4O)[C@H]3OC)c2N=CC1. The molecule has 9 rings (SSSR count). The Hall–Kier alpha value is -5.57. The number of aliphatic imine (C=N–C) groups is 1. The number of amides is 1. The summed E-state index contributed by atoms with van der Waals surface area (Å²) < 4.78 is 107. The third-order valence-electron chi connectivity index (χ3n) is 13.7. The number of hydrogen-bond acceptors (Lipinski definition) is 28. The van der Waals surface area contributed by atoms with Gasteiger partial charge in [0.05, 0.1) is 51.3 Å². The van der Waals surface area contributed by atoms with Crippen LogP contribution in [0, 0.1) is 5.92 Å². The molecule has 0 aliphatic carbocycles. The number of carbonyl (C=O) groups is 1. The van der Waals surface area contributed by atoms with Gasteiger partial charge in [0.25, 0.3) is 24.5 Å². The number of nitrogens with zero attached hydrogens (tertiary/aromatic N) is 10. The molecule has 16 atom stereocenters. The predicted molar refractivity (Wildman–Crippen MR) is 276 cm³/mol. The summed E-state index contributed by atoms with van der Waals surface area (Å²) in [4.78, 5) is 112. The monoisotopic (exact) mass is 1250 g/mol. The summed E-state index contributed by atoms with van der Waals surface area (Å²) >= 11 is 0. The summed E-state index contributed by atoms with van der Waals surface area (Å²) in [6.45, 7) is -1.44. The molecular formula is C40H58N16O23P4. The number of phosphoric ester groups is 2. The van der Waals surface area contributed by atoms with Gasteiger partial charge < -0.3 is 85.0 Å². The zero-order valence-electron chi connectivity index (χ0n) is 44.1. The Morgan fingerprint density at radius 3 is 2.14 bits per heavy atom. The Morgan fingerprint density at radius 2 is 1.46 bits per heavy atom. The van der Waals surface area contributed by atoms with E-state index in [2.05, 4.69) is 39.2 Å². The van der Waals surface area contributed by atoms with Gasteiger partial charge in [-0.3, -0.25) is 47.1 Å². The van der Waals surface area contributed by atoms with Gasteiger partial charge in [-0.15, -0.1) is 4.86 Å². The molecule has 0 saturated carbocycles. The summed E-state index contributed by atoms with van der Waals surface area (Å²) in [6.07, 6.45) is -12.6. The minimum absolute atomic E-state index is 0.00116. The van der Waals surface area contributed by atoms with E-state index in [-0.39, 0.29) is 51.4 Å². The quantitative estimate of drug-likeness (QED) is 0.0238. The number of imidazole rings is 3. The number of nitrogens with one attached hydrogen (secondary N) is 3. The minimum Gasteiger partial charge on any atom is -0.756 e. The number of H-pyrrole nitrogens is 2. The van der Waals surface area contributed by atoms with E-state index in [0.717, 1.165) is 23.6 Å². The first-order chi connectivity index (χ1) is 38.9. The number of anilines is 2. The van der Waals surface area contributed by atoms with E-state index < -0.39 is 148 Å². The largest absolute Gasteiger partial charge is 0.756 e. The molecule has 1 amide bonds. The predicted octanol–water partition coefficient (Wildman–Crippen LogP) is -3.38. The molecule has 15 N–H and O–H groups in total. The molecule has 3 fully saturated rings. The standard InChI is InChI=1S/C40H58N16O23P4/c1-6-16-7-8-44-31-23(22(16)41)45-13-54(31)38-30(71-5)29(78-82(67,68)73-11-19-27(59)28(60)37(76-19)55-14-46-24-32(55)47-39(42)49-34(24)61)20(77-38)12-74-83(69,70)79-81(65,66)51-80(63,64)72-10-18-17(9-21(57)52(2)3)26(58)36(75-18)56-15-53(4)25-33(56)48-40(43)50-35(25)62/h8,13-15,17-20,26-30,36-38,58-60H,6-7,9-12,41H2,1-5H3,(H10-,42,43,47,48,49,50,51,61,62,63,64,65,66,67,68,69,70)/t17-,18-,19-,20-,26-,27-,28-,29-,30-,36-,37-,38-/m1/s1. The van der Waals surface area contributed by atoms with Crippen molar-refractivity contribution in [1.29, 1.82) is 0 Å². The highest BCUT2D eigenvalue weighted by Gasteiger charge is 2.53. The van der Waals surface area contributed by atoms with E-state index in [4.69, 9.17) is 54.2 Å². The highest BCUT2D eigenvalue weighted by atomic mass is 31.3. The number of nitrogens with two attached hydrogens (primary N) is 3. The van der Waals surface area contributed by atoms with E-state index in [1.807, 2.05) is 6.92 Å². The van der Waals surface area contributed by atoms with Gasteiger partial charge in [-0.05, 0) is 12.0 Å². The van der Waals surface area contributed by atoms with E-state index in [1.54, 1.807) is 0 Å². The fraction of sp³-hybridized carbons (Fsp3) is 0.575. The molecule has 4 unspecified atom stereocenters. The number of fused-ring (bicyclic) bond motifs is 3. The fourth-order valence-electron chi connectivity index (χ4n) is 9.72. The Morgan fingerprint density at radius 1 is 0.831 bits per heavy atom. The van der Waals surface area contributed by atoms with Crippen LogP contribution in [0.15, 0.2) is 39.1 Å². The van der Waals surface area contributed by atoms with Crippen LogP contribution in [0.3, 0.4) is 0 Å². The second kappa shape index (κ2) is 23.7. The van der Waals surface area contributed by atoms with Crippen molar-refractivity contribution < 1.29 is 104 Å². The molecule has 3 saturated heterocycles. The van der Waals surface area contributed by atoms with Crippen LogP contribution >= 0.6 is 31.1 Å². The van der Waals surface area contributed by atoms with Crippen LogP contribution in [0.2, 0.25) is 0 Å². The molecule has 0 radical (unpaired) electrons. The molecular weight excluding hydrogens is 1200 g/mol. The lowest BCUT2D eigenvalue weighted by Crippen LogP contribution is -2.39. The van der Waals surface area contributed by atoms with E-state index in [9.17, 15) is 67.5 Å². The highest BCUT2D eigenvalue weighted by Crippen LogP contribution is 2.63. The normalized spacial score (nSPS) is 29.4. The van der Waals surface area contributed by atoms with Crippen molar-refractivity contribution in [2.24, 2.45) is 23.7 Å². The van der Waals surface area contributed by atoms with Crippen molar-refractivity contribution in [3.63, 3.8) is 0 Å². The highest BCUT2D eigenvalue weighted by molar-refractivity contribution is 7.71. The summed E-state index contributed by atoms with van der Waals surface area (Å²) in [7, 11) is -17.9. The average Bonchev–Trinajstić information content (AvgIpc) is 4.14. The van der Waals surface area contributed by atoms with Gasteiger partial charge in [-0.1, -0.05) is 6.92 Å². The van der Waals surface area contributed by atoms with Crippen molar-refractivity contribution in [3.05, 3.63) is 51.0 Å². The molecule has 0 bridgehead atoms. The zero-order valence-corrected chi connectivity index (χ0v) is 47.7. The molecule has 83 heavy (non-hydrogen) atoms. The lowest BCUT2D eigenvalue weighted by Gasteiger charge is -2.31. The van der Waals surface area contributed by atoms with Gasteiger partial charge in [-0.2, -0.15) is 18.8 Å². The van der Waals surface area contributed by atoms with Gasteiger partial charge in [-0.25, -0.2) is 33.2 Å². The number of methoxy groups -OCH3 is 1. The van der Waals surface area contributed by atoms with Crippen LogP contribution in [-0.2, 0) is 71.5 Å². The molecule has 4 aliphatic heterocycles. The molecule has 5 aromatic heterocycles. The number of aliphatic hydroxyl groups is 3. The Balaban J connectivity index is 0.895. The number of aromatic nitrogens is 10. The minimum atomic E-state index is -6.00. The topological polar surface area (TPSA) is 554 Å². The molecule has 5 aromatic rings. The van der Waals surface area contributed by atoms with Crippen LogP contribution in [0.4, 0.5) is 17.7 Å². The summed E-state index contributed by atoms with van der Waals surface area (Å²) in [5, 5.41) is 33.4. The average molecular weight is 1250 g/mol. The maximum Gasteiger partial charge on any atom is 0.480 e. The molecule has 43 heteroatoms. The first-order valence-electron chi connectivity index (χ1n) is 24.6. The second-order valence-corrected chi connectivity index (χ2v) is 25.7. The number of allylic oxidation sites excluding steroid dienone is 1. The third kappa shape index (κ3) is 12.9. The number of aliphatic hydroxyl groups excluding tert-OH is 3. The number of aryl methyl sites for hydroxylation is 1. The number of aromatic amines is 2. The summed E-state index contributed by atoms with van der Waals surface area (Å²) in [6, 6.07) is 0. The van der Waals surface area contributed by atoms with Crippen LogP contribution < -0.4 is 42.6 Å². The van der Waals surface area contributed by atoms with Gasteiger partial charge in [0.1, 0.15) is 48.4 Å². The van der Waals surface area contributed by atoms with Gasteiger partial charge in [0, 0.05) is 46.2 Å². The van der Waals surface area contributed by atoms with E-state index >= 15 is 0 Å². The van der Waals surface area contributed by atoms with Crippen molar-refractivity contribution in [2.45, 2.75) is 93.7 Å². The maximum absolute atomic E-state index is 13.8. The molecule has 9 heterocycles. The fourth-order valence-corrected chi connectivity index (χ4v) is 14.6. The zero-order chi connectivity index (χ0) is 60.4. The van der Waals surface area contributed by atoms with Crippen molar-refractivity contribution in [2.75, 3.05) is 52.5 Å². The summed E-state index contributed by atoms with van der Waals surface area (Å²) in [5.41, 5.74) is 17.3. The Labute approximate surface area is 465 Å². The second-order valence-electron chi connectivity index (χ2n) is 19.4. The van der Waals surface area contributed by atoms with Crippen LogP contribution in [-0.4, -0.2) is 180 Å². The maximum atomic E-state index is 13.8. The van der Waals surface area contributed by atoms with Crippen molar-refractivity contribution in [1.82, 2.24) is 53.4 Å². The first-order valence-corrected chi connectivity index (χ1v) is 30.7. The molecule has 39 nitrogen and oxygen atoms in total. The number of rotatable bonds is 22. The number of ether oxygens (including phenoxy) is 4. The first kappa shape index (κ1) is 62.0. The third-order valence-corrected chi connectivity index (χ3v) is 19.4. The van der Waals surface area contributed by atoms with Gasteiger partial charge in [0.2, 0.25) is 30.4 Å². The lowest BCUT2D eigenvalue weighted by molar-refractivity contribution is -0.646. The number of carbonyl (C=O) groups excluding carboxylic acids is 1. The summed E-state index contributed by atoms with van der Waals surface area (Å²) in [5.74, 6) is -2.28. The van der Waals surface area contributed by atoms with E-state index in [1.165, 1.54) is 63.5 Å². The van der Waals surface area contributed by atoms with Crippen LogP contribution in [0.1, 0.15) is 50.6 Å². The lowest BCUT2D eigenvalue weighted by atomic mass is 9.94. The number of hydrogen-bond donors (Lipinski definition) is 12. The molecule has 0 aromatic carbocycles. The molecule has 4 aliphatic rings. The van der Waals surface area contributed by atoms with Crippen LogP contribution in [0.5, 0.6) is 0 Å². The smallest absolute Gasteiger partial charge is 0.480 e. The number of nitrogen functional groups attached to an aromatic ring is 2. The van der Waals surface area contributed by atoms with Gasteiger partial charge >= 0.3 is 28.9 Å². The van der Waals surface area contributed by atoms with E-state index in [0.29, 0.717) is 12.8 Å². The number of phosphoric acid groups is 2. The van der Waals surface area contributed by atoms with Crippen molar-refractivity contribution >= 4 is 89.0 Å². The molecule has 456 valence electrons. The van der Waals surface area contributed by atoms with Crippen LogP contribution in [0.25, 0.3) is 28.0 Å². The van der Waals surface area contributed by atoms with Crippen molar-refractivity contribution in [3.8, 4) is 0 Å². The Bertz CT molecular complexity index is 3680. The van der Waals surface area contributed by atoms with Gasteiger partial charge in [0.15, 0.2) is 29.4 Å².